The fourth-order valence-corrected chi connectivity index (χ4v) is 3.23. The van der Waals surface area contributed by atoms with E-state index in [0.717, 1.165) is 27.6 Å². The molecule has 15 heavy (non-hydrogen) atoms. The van der Waals surface area contributed by atoms with Crippen LogP contribution in [0.25, 0.3) is 0 Å². The maximum Gasteiger partial charge on any atom is 0.227 e. The molecular weight excluding hydrogens is 324 g/mol. The van der Waals surface area contributed by atoms with Gasteiger partial charge in [0.15, 0.2) is 0 Å². The Morgan fingerprint density at radius 2 is 2.07 bits per heavy atom. The number of rotatable bonds is 1. The molecule has 3 nitrogen and oxygen atoms in total. The van der Waals surface area contributed by atoms with Gasteiger partial charge in [-0.05, 0) is 34.5 Å². The SMILES string of the molecule is Nc1cc(Br)cc(Br)c1N1CCCC1=O. The van der Waals surface area contributed by atoms with E-state index in [0.29, 0.717) is 12.1 Å². The third kappa shape index (κ3) is 2.03. The van der Waals surface area contributed by atoms with E-state index in [9.17, 15) is 4.79 Å². The molecule has 1 fully saturated rings. The van der Waals surface area contributed by atoms with Crippen molar-refractivity contribution in [3.63, 3.8) is 0 Å². The summed E-state index contributed by atoms with van der Waals surface area (Å²) < 4.78 is 1.76. The van der Waals surface area contributed by atoms with Crippen LogP contribution in [0.4, 0.5) is 11.4 Å². The molecule has 5 heteroatoms. The molecule has 0 aromatic heterocycles. The van der Waals surface area contributed by atoms with Crippen LogP contribution in [0.2, 0.25) is 0 Å². The number of carbonyl (C=O) groups is 1. The van der Waals surface area contributed by atoms with Crippen molar-refractivity contribution in [2.75, 3.05) is 17.2 Å². The molecule has 1 aromatic carbocycles. The number of hydrogen-bond donors (Lipinski definition) is 1. The third-order valence-corrected chi connectivity index (χ3v) is 3.46. The van der Waals surface area contributed by atoms with Crippen LogP contribution in [0, 0.1) is 0 Å². The lowest BCUT2D eigenvalue weighted by molar-refractivity contribution is -0.117. The minimum absolute atomic E-state index is 0.143. The van der Waals surface area contributed by atoms with Gasteiger partial charge in [0.1, 0.15) is 0 Å². The van der Waals surface area contributed by atoms with E-state index in [1.54, 1.807) is 4.90 Å². The van der Waals surface area contributed by atoms with Gasteiger partial charge in [-0.25, -0.2) is 0 Å². The van der Waals surface area contributed by atoms with Gasteiger partial charge in [0.05, 0.1) is 11.4 Å². The van der Waals surface area contributed by atoms with Crippen molar-refractivity contribution in [2.45, 2.75) is 12.8 Å². The summed E-state index contributed by atoms with van der Waals surface area (Å²) >= 11 is 6.79. The second kappa shape index (κ2) is 4.14. The Bertz CT molecular complexity index is 397. The summed E-state index contributed by atoms with van der Waals surface area (Å²) in [5.41, 5.74) is 7.32. The number of hydrogen-bond acceptors (Lipinski definition) is 2. The number of halogens is 2. The first-order chi connectivity index (χ1) is 7.09. The number of anilines is 2. The van der Waals surface area contributed by atoms with Gasteiger partial charge in [-0.1, -0.05) is 15.9 Å². The van der Waals surface area contributed by atoms with Gasteiger partial charge in [-0.15, -0.1) is 0 Å². The Morgan fingerprint density at radius 3 is 2.60 bits per heavy atom. The normalized spacial score (nSPS) is 16.1. The standard InChI is InChI=1S/C10H10Br2N2O/c11-6-4-7(12)10(8(13)5-6)14-3-1-2-9(14)15/h4-5H,1-3,13H2. The molecular formula is C10H10Br2N2O. The van der Waals surface area contributed by atoms with E-state index in [-0.39, 0.29) is 5.91 Å². The summed E-state index contributed by atoms with van der Waals surface area (Å²) in [7, 11) is 0. The lowest BCUT2D eigenvalue weighted by atomic mass is 10.2. The molecule has 0 radical (unpaired) electrons. The molecule has 1 saturated heterocycles. The molecule has 0 bridgehead atoms. The summed E-state index contributed by atoms with van der Waals surface area (Å²) in [5, 5.41) is 0. The average Bonchev–Trinajstić information content (AvgIpc) is 2.50. The zero-order chi connectivity index (χ0) is 11.0. The maximum absolute atomic E-state index is 11.6. The summed E-state index contributed by atoms with van der Waals surface area (Å²) in [6.07, 6.45) is 1.52. The van der Waals surface area contributed by atoms with Crippen LogP contribution >= 0.6 is 31.9 Å². The summed E-state index contributed by atoms with van der Waals surface area (Å²) in [6.45, 7) is 0.753. The van der Waals surface area contributed by atoms with E-state index < -0.39 is 0 Å². The lowest BCUT2D eigenvalue weighted by Gasteiger charge is -2.19. The lowest BCUT2D eigenvalue weighted by Crippen LogP contribution is -2.25. The molecule has 1 aliphatic heterocycles. The van der Waals surface area contributed by atoms with E-state index in [2.05, 4.69) is 31.9 Å². The maximum atomic E-state index is 11.6. The second-order valence-corrected chi connectivity index (χ2v) is 5.24. The largest absolute Gasteiger partial charge is 0.397 e. The van der Waals surface area contributed by atoms with Crippen LogP contribution in [0.15, 0.2) is 21.1 Å². The first-order valence-corrected chi connectivity index (χ1v) is 6.23. The molecule has 2 N–H and O–H groups in total. The predicted octanol–water partition coefficient (Wildman–Crippen LogP) is 2.92. The minimum atomic E-state index is 0.143. The highest BCUT2D eigenvalue weighted by molar-refractivity contribution is 9.11. The second-order valence-electron chi connectivity index (χ2n) is 3.47. The molecule has 0 unspecified atom stereocenters. The minimum Gasteiger partial charge on any atom is -0.397 e. The Morgan fingerprint density at radius 1 is 1.33 bits per heavy atom. The van der Waals surface area contributed by atoms with Gasteiger partial charge in [0.2, 0.25) is 5.91 Å². The Kier molecular flexibility index (Phi) is 3.02. The molecule has 0 aliphatic carbocycles. The van der Waals surface area contributed by atoms with Crippen LogP contribution in [-0.4, -0.2) is 12.5 Å². The molecule has 0 spiro atoms. The van der Waals surface area contributed by atoms with Gasteiger partial charge in [0, 0.05) is 21.9 Å². The molecule has 0 saturated carbocycles. The summed E-state index contributed by atoms with van der Waals surface area (Å²) in [6, 6.07) is 3.71. The Hall–Kier alpha value is -0.550. The highest BCUT2D eigenvalue weighted by Crippen LogP contribution is 2.37. The molecule has 1 heterocycles. The van der Waals surface area contributed by atoms with Crippen molar-refractivity contribution in [3.8, 4) is 0 Å². The van der Waals surface area contributed by atoms with Crippen LogP contribution in [0.1, 0.15) is 12.8 Å². The first-order valence-electron chi connectivity index (χ1n) is 4.64. The van der Waals surface area contributed by atoms with E-state index >= 15 is 0 Å². The zero-order valence-electron chi connectivity index (χ0n) is 7.96. The van der Waals surface area contributed by atoms with Crippen molar-refractivity contribution in [3.05, 3.63) is 21.1 Å². The van der Waals surface area contributed by atoms with Crippen LogP contribution in [0.3, 0.4) is 0 Å². The Labute approximate surface area is 105 Å². The van der Waals surface area contributed by atoms with Crippen LogP contribution in [-0.2, 0) is 4.79 Å². The zero-order valence-corrected chi connectivity index (χ0v) is 11.1. The molecule has 2 rings (SSSR count). The number of nitrogens with zero attached hydrogens (tertiary/aromatic N) is 1. The van der Waals surface area contributed by atoms with Gasteiger partial charge in [-0.2, -0.15) is 0 Å². The molecule has 1 aromatic rings. The fraction of sp³-hybridized carbons (Fsp3) is 0.300. The van der Waals surface area contributed by atoms with E-state index in [1.807, 2.05) is 12.1 Å². The Balaban J connectivity index is 2.47. The smallest absolute Gasteiger partial charge is 0.227 e. The van der Waals surface area contributed by atoms with Gasteiger partial charge in [0.25, 0.3) is 0 Å². The van der Waals surface area contributed by atoms with Crippen molar-refractivity contribution < 1.29 is 4.79 Å². The molecule has 80 valence electrons. The third-order valence-electron chi connectivity index (χ3n) is 2.40. The van der Waals surface area contributed by atoms with Gasteiger partial charge in [-0.3, -0.25) is 4.79 Å². The van der Waals surface area contributed by atoms with E-state index in [4.69, 9.17) is 5.73 Å². The number of carbonyl (C=O) groups excluding carboxylic acids is 1. The first kappa shape index (κ1) is 11.0. The molecule has 1 amide bonds. The van der Waals surface area contributed by atoms with Crippen molar-refractivity contribution >= 4 is 49.1 Å². The molecule has 0 atom stereocenters. The predicted molar refractivity (Wildman–Crippen MR) is 67.8 cm³/mol. The number of nitrogens with two attached hydrogens (primary N) is 1. The summed E-state index contributed by atoms with van der Waals surface area (Å²) in [5.74, 6) is 0.143. The van der Waals surface area contributed by atoms with Crippen molar-refractivity contribution in [2.24, 2.45) is 0 Å². The van der Waals surface area contributed by atoms with Gasteiger partial charge >= 0.3 is 0 Å². The number of benzene rings is 1. The fourth-order valence-electron chi connectivity index (χ4n) is 1.76. The van der Waals surface area contributed by atoms with Crippen LogP contribution < -0.4 is 10.6 Å². The van der Waals surface area contributed by atoms with Gasteiger partial charge < -0.3 is 10.6 Å². The topological polar surface area (TPSA) is 46.3 Å². The summed E-state index contributed by atoms with van der Waals surface area (Å²) in [4.78, 5) is 13.3. The number of nitrogen functional groups attached to an aromatic ring is 1. The highest BCUT2D eigenvalue weighted by Gasteiger charge is 2.25. The van der Waals surface area contributed by atoms with E-state index in [1.165, 1.54) is 0 Å². The molecule has 1 aliphatic rings. The van der Waals surface area contributed by atoms with Crippen LogP contribution in [0.5, 0.6) is 0 Å². The monoisotopic (exact) mass is 332 g/mol. The highest BCUT2D eigenvalue weighted by atomic mass is 79.9. The van der Waals surface area contributed by atoms with Crippen molar-refractivity contribution in [1.82, 2.24) is 0 Å². The average molecular weight is 334 g/mol. The van der Waals surface area contributed by atoms with Crippen molar-refractivity contribution in [1.29, 1.82) is 0 Å². The number of amides is 1. The quantitative estimate of drug-likeness (QED) is 0.803.